The van der Waals surface area contributed by atoms with Gasteiger partial charge < -0.3 is 15.5 Å². The van der Waals surface area contributed by atoms with E-state index in [1.165, 1.54) is 24.0 Å². The lowest BCUT2D eigenvalue weighted by Crippen LogP contribution is -2.29. The highest BCUT2D eigenvalue weighted by Crippen LogP contribution is 2.36. The van der Waals surface area contributed by atoms with Gasteiger partial charge in [0.05, 0.1) is 17.2 Å². The van der Waals surface area contributed by atoms with Gasteiger partial charge in [0.1, 0.15) is 5.03 Å². The Morgan fingerprint density at radius 1 is 1.05 bits per heavy atom. The van der Waals surface area contributed by atoms with Crippen molar-refractivity contribution in [1.29, 1.82) is 0 Å². The number of nitrogens with one attached hydrogen (secondary N) is 3. The fraction of sp³-hybridized carbons (Fsp3) is 0.217. The van der Waals surface area contributed by atoms with Gasteiger partial charge in [-0.15, -0.1) is 0 Å². The molecule has 0 saturated carbocycles. The van der Waals surface area contributed by atoms with E-state index < -0.39 is 28.7 Å². The number of hydroxylamine groups is 1. The molecule has 14 heteroatoms. The molecule has 0 aliphatic carbocycles. The lowest BCUT2D eigenvalue weighted by molar-refractivity contribution is -0.137. The highest BCUT2D eigenvalue weighted by atomic mass is 35.5. The van der Waals surface area contributed by atoms with Crippen molar-refractivity contribution in [3.05, 3.63) is 71.1 Å². The number of likely N-dealkylation sites (N-methyl/N-ethyl adjacent to an activating group) is 1. The molecule has 0 radical (unpaired) electrons. The fourth-order valence-corrected chi connectivity index (χ4v) is 3.74. The van der Waals surface area contributed by atoms with E-state index in [9.17, 15) is 22.8 Å². The molecular weight excluding hydrogens is 533 g/mol. The van der Waals surface area contributed by atoms with Crippen LogP contribution >= 0.6 is 23.4 Å². The Labute approximate surface area is 219 Å². The van der Waals surface area contributed by atoms with Crippen LogP contribution in [-0.4, -0.2) is 54.1 Å². The molecule has 0 aliphatic rings. The van der Waals surface area contributed by atoms with Crippen molar-refractivity contribution < 1.29 is 27.6 Å². The Morgan fingerprint density at radius 3 is 2.41 bits per heavy atom. The Balaban J connectivity index is 1.55. The molecule has 3 rings (SSSR count). The molecule has 3 amide bonds. The molecule has 2 aromatic carbocycles. The summed E-state index contributed by atoms with van der Waals surface area (Å²) >= 11 is 6.85. The van der Waals surface area contributed by atoms with Crippen LogP contribution in [0.1, 0.15) is 16.2 Å². The van der Waals surface area contributed by atoms with Gasteiger partial charge in [0, 0.05) is 29.0 Å². The molecule has 1 aromatic heterocycles. The zero-order chi connectivity index (χ0) is 27.0. The summed E-state index contributed by atoms with van der Waals surface area (Å²) in [6.07, 6.45) is -3.20. The maximum absolute atomic E-state index is 13.0. The summed E-state index contributed by atoms with van der Waals surface area (Å²) in [5.41, 5.74) is 1.59. The number of alkyl halides is 3. The largest absolute Gasteiger partial charge is 0.417 e. The number of halogens is 4. The van der Waals surface area contributed by atoms with Gasteiger partial charge in [-0.05, 0) is 62.6 Å². The van der Waals surface area contributed by atoms with E-state index in [-0.39, 0.29) is 11.5 Å². The third kappa shape index (κ3) is 8.89. The lowest BCUT2D eigenvalue weighted by atomic mass is 10.2. The van der Waals surface area contributed by atoms with Gasteiger partial charge in [0.25, 0.3) is 0 Å². The molecule has 9 nitrogen and oxygen atoms in total. The first-order chi connectivity index (χ1) is 17.5. The van der Waals surface area contributed by atoms with Crippen LogP contribution in [0.2, 0.25) is 5.02 Å². The highest BCUT2D eigenvalue weighted by molar-refractivity contribution is 7.99. The third-order valence-electron chi connectivity index (χ3n) is 4.50. The smallest absolute Gasteiger partial charge is 0.308 e. The topological polar surface area (TPSA) is 108 Å². The molecule has 37 heavy (non-hydrogen) atoms. The number of anilines is 2. The number of benzene rings is 2. The average molecular weight is 555 g/mol. The van der Waals surface area contributed by atoms with Crippen LogP contribution in [0.3, 0.4) is 0 Å². The zero-order valence-corrected chi connectivity index (χ0v) is 21.2. The molecule has 0 saturated heterocycles. The van der Waals surface area contributed by atoms with E-state index in [2.05, 4.69) is 26.1 Å². The Kier molecular flexibility index (Phi) is 9.69. The summed E-state index contributed by atoms with van der Waals surface area (Å²) in [7, 11) is 3.76. The Morgan fingerprint density at radius 2 is 1.73 bits per heavy atom. The summed E-state index contributed by atoms with van der Waals surface area (Å²) < 4.78 is 39.0. The number of amides is 3. The van der Waals surface area contributed by atoms with Crippen molar-refractivity contribution in [2.24, 2.45) is 0 Å². The van der Waals surface area contributed by atoms with Crippen molar-refractivity contribution >= 4 is 46.7 Å². The van der Waals surface area contributed by atoms with Crippen LogP contribution < -0.4 is 16.1 Å². The van der Waals surface area contributed by atoms with Gasteiger partial charge in [0.15, 0.2) is 0 Å². The number of nitrogens with zero attached hydrogens (tertiary/aromatic N) is 3. The van der Waals surface area contributed by atoms with Crippen LogP contribution in [-0.2, 0) is 11.0 Å². The molecule has 196 valence electrons. The number of rotatable bonds is 9. The zero-order valence-electron chi connectivity index (χ0n) is 19.6. The summed E-state index contributed by atoms with van der Waals surface area (Å²) in [5, 5.41) is 4.93. The van der Waals surface area contributed by atoms with E-state index in [4.69, 9.17) is 16.4 Å². The lowest BCUT2D eigenvalue weighted by Gasteiger charge is -2.12. The summed E-state index contributed by atoms with van der Waals surface area (Å²) in [5.74, 6) is -0.629. The molecule has 0 aliphatic heterocycles. The highest BCUT2D eigenvalue weighted by Gasteiger charge is 2.33. The SMILES string of the molecule is CN(C)CCONC(=O)c1nccc(Sc2ccc(NC(=O)Nc3ccc(Cl)c(C(F)(F)F)c3)cc2)n1. The van der Waals surface area contributed by atoms with E-state index in [0.717, 1.165) is 17.0 Å². The van der Waals surface area contributed by atoms with E-state index in [0.29, 0.717) is 23.9 Å². The van der Waals surface area contributed by atoms with Gasteiger partial charge in [-0.3, -0.25) is 9.63 Å². The molecule has 0 atom stereocenters. The second-order valence-corrected chi connectivity index (χ2v) is 9.20. The third-order valence-corrected chi connectivity index (χ3v) is 5.78. The molecule has 0 spiro atoms. The predicted octanol–water partition coefficient (Wildman–Crippen LogP) is 5.17. The van der Waals surface area contributed by atoms with Crippen LogP contribution in [0.5, 0.6) is 0 Å². The minimum absolute atomic E-state index is 0.0549. The second-order valence-electron chi connectivity index (χ2n) is 7.70. The number of urea groups is 1. The number of aromatic nitrogens is 2. The maximum atomic E-state index is 13.0. The summed E-state index contributed by atoms with van der Waals surface area (Å²) in [6, 6.07) is 10.6. The van der Waals surface area contributed by atoms with Crippen LogP contribution in [0, 0.1) is 0 Å². The van der Waals surface area contributed by atoms with Gasteiger partial charge in [-0.25, -0.2) is 20.2 Å². The average Bonchev–Trinajstić information content (AvgIpc) is 2.83. The first-order valence-electron chi connectivity index (χ1n) is 10.6. The maximum Gasteiger partial charge on any atom is 0.417 e. The first kappa shape index (κ1) is 28.2. The molecular formula is C23H22ClF3N6O3S. The predicted molar refractivity (Wildman–Crippen MR) is 134 cm³/mol. The van der Waals surface area contributed by atoms with E-state index >= 15 is 0 Å². The number of hydrogen-bond acceptors (Lipinski definition) is 7. The van der Waals surface area contributed by atoms with Gasteiger partial charge in [0.2, 0.25) is 5.82 Å². The molecule has 1 heterocycles. The van der Waals surface area contributed by atoms with Gasteiger partial charge in [-0.2, -0.15) is 13.2 Å². The summed E-state index contributed by atoms with van der Waals surface area (Å²) in [4.78, 5) is 40.3. The molecule has 3 N–H and O–H groups in total. The quantitative estimate of drug-likeness (QED) is 0.190. The normalized spacial score (nSPS) is 11.3. The van der Waals surface area contributed by atoms with Crippen LogP contribution in [0.25, 0.3) is 0 Å². The summed E-state index contributed by atoms with van der Waals surface area (Å²) in [6.45, 7) is 0.934. The van der Waals surface area contributed by atoms with Crippen molar-refractivity contribution in [1.82, 2.24) is 20.3 Å². The van der Waals surface area contributed by atoms with Crippen molar-refractivity contribution in [3.8, 4) is 0 Å². The Bertz CT molecular complexity index is 1250. The molecule has 0 bridgehead atoms. The molecule has 0 fully saturated rings. The molecule has 0 unspecified atom stereocenters. The van der Waals surface area contributed by atoms with Crippen LogP contribution in [0.15, 0.2) is 64.6 Å². The van der Waals surface area contributed by atoms with Crippen molar-refractivity contribution in [2.45, 2.75) is 16.1 Å². The van der Waals surface area contributed by atoms with Gasteiger partial charge >= 0.3 is 18.1 Å². The number of carbonyl (C=O) groups is 2. The number of hydrogen-bond donors (Lipinski definition) is 3. The standard InChI is InChI=1S/C23H22ClF3N6O3S/c1-33(2)11-12-36-32-21(34)20-28-10-9-19(31-20)37-16-6-3-14(4-7-16)29-22(35)30-15-5-8-18(24)17(13-15)23(25,26)27/h3-10,13H,11-12H2,1-2H3,(H,32,34)(H2,29,30,35). The Hall–Kier alpha value is -3.39. The van der Waals surface area contributed by atoms with Crippen molar-refractivity contribution in [3.63, 3.8) is 0 Å². The van der Waals surface area contributed by atoms with E-state index in [1.54, 1.807) is 30.3 Å². The van der Waals surface area contributed by atoms with Gasteiger partial charge in [-0.1, -0.05) is 23.4 Å². The van der Waals surface area contributed by atoms with Crippen LogP contribution in [0.4, 0.5) is 29.3 Å². The first-order valence-corrected chi connectivity index (χ1v) is 11.8. The minimum atomic E-state index is -4.65. The van der Waals surface area contributed by atoms with E-state index in [1.807, 2.05) is 19.0 Å². The van der Waals surface area contributed by atoms with Crippen molar-refractivity contribution in [2.75, 3.05) is 37.9 Å². The second kappa shape index (κ2) is 12.7. The monoisotopic (exact) mass is 554 g/mol. The fourth-order valence-electron chi connectivity index (χ4n) is 2.74. The molecule has 3 aromatic rings. The minimum Gasteiger partial charge on any atom is -0.308 e. The number of carbonyl (C=O) groups excluding carboxylic acids is 2.